The van der Waals surface area contributed by atoms with E-state index in [1.54, 1.807) is 42.5 Å². The molecule has 2 aromatic rings. The van der Waals surface area contributed by atoms with Crippen LogP contribution in [0.2, 0.25) is 0 Å². The molecular formula is C21H21FN2O3. The fourth-order valence-electron chi connectivity index (χ4n) is 3.84. The number of nitrogens with zero attached hydrogens (tertiary/aromatic N) is 1. The molecule has 1 amide bonds. The van der Waals surface area contributed by atoms with Crippen molar-refractivity contribution in [1.82, 2.24) is 5.32 Å². The van der Waals surface area contributed by atoms with Gasteiger partial charge in [0.2, 0.25) is 0 Å². The fraction of sp³-hybridized carbons (Fsp3) is 0.333. The number of alkyl halides is 1. The lowest BCUT2D eigenvalue weighted by Gasteiger charge is -2.19. The monoisotopic (exact) mass is 368 g/mol. The van der Waals surface area contributed by atoms with Crippen LogP contribution in [0.1, 0.15) is 45.0 Å². The third-order valence-corrected chi connectivity index (χ3v) is 5.43. The molecule has 6 heteroatoms. The molecule has 4 rings (SSSR count). The Labute approximate surface area is 156 Å². The zero-order valence-electron chi connectivity index (χ0n) is 14.8. The summed E-state index contributed by atoms with van der Waals surface area (Å²) in [6.07, 6.45) is 1.23. The summed E-state index contributed by atoms with van der Waals surface area (Å²) in [7, 11) is 0. The number of aliphatic hydroxyl groups is 1. The van der Waals surface area contributed by atoms with Gasteiger partial charge in [-0.15, -0.1) is 0 Å². The van der Waals surface area contributed by atoms with Gasteiger partial charge in [-0.1, -0.05) is 24.3 Å². The predicted molar refractivity (Wildman–Crippen MR) is 99.8 cm³/mol. The number of amides is 1. The minimum atomic E-state index is -2.00. The zero-order chi connectivity index (χ0) is 19.0. The van der Waals surface area contributed by atoms with Gasteiger partial charge in [0.1, 0.15) is 6.29 Å². The van der Waals surface area contributed by atoms with Gasteiger partial charge in [0, 0.05) is 29.9 Å². The van der Waals surface area contributed by atoms with Crippen molar-refractivity contribution >= 4 is 17.9 Å². The summed E-state index contributed by atoms with van der Waals surface area (Å²) in [6.45, 7) is 1.87. The van der Waals surface area contributed by atoms with Crippen LogP contribution in [0.4, 0.5) is 10.1 Å². The van der Waals surface area contributed by atoms with E-state index in [0.717, 1.165) is 31.6 Å². The highest BCUT2D eigenvalue weighted by molar-refractivity contribution is 5.95. The number of carbonyl (C=O) groups excluding carboxylic acids is 2. The van der Waals surface area contributed by atoms with Gasteiger partial charge in [-0.3, -0.25) is 9.59 Å². The van der Waals surface area contributed by atoms with Gasteiger partial charge in [0.25, 0.3) is 5.91 Å². The SMILES string of the molecule is O=Cc1cc(N2CCCC2)ccc1C1C(F)C1(O)NC(=O)c1ccccc1. The van der Waals surface area contributed by atoms with Crippen LogP contribution in [0.15, 0.2) is 48.5 Å². The lowest BCUT2D eigenvalue weighted by atomic mass is 10.0. The first kappa shape index (κ1) is 17.7. The summed E-state index contributed by atoms with van der Waals surface area (Å²) in [5.41, 5.74) is 0.0168. The molecule has 0 radical (unpaired) electrons. The molecule has 1 saturated heterocycles. The van der Waals surface area contributed by atoms with E-state index in [2.05, 4.69) is 10.2 Å². The third kappa shape index (κ3) is 3.10. The third-order valence-electron chi connectivity index (χ3n) is 5.43. The number of rotatable bonds is 5. The van der Waals surface area contributed by atoms with Gasteiger partial charge < -0.3 is 15.3 Å². The van der Waals surface area contributed by atoms with Gasteiger partial charge in [-0.25, -0.2) is 4.39 Å². The maximum atomic E-state index is 14.5. The average Bonchev–Trinajstić information content (AvgIpc) is 3.07. The van der Waals surface area contributed by atoms with Crippen LogP contribution < -0.4 is 10.2 Å². The lowest BCUT2D eigenvalue weighted by molar-refractivity contribution is 0.0589. The molecule has 0 bridgehead atoms. The van der Waals surface area contributed by atoms with Gasteiger partial charge in [-0.2, -0.15) is 0 Å². The number of aldehydes is 1. The lowest BCUT2D eigenvalue weighted by Crippen LogP contribution is -2.40. The molecule has 2 aliphatic rings. The summed E-state index contributed by atoms with van der Waals surface area (Å²) >= 11 is 0. The highest BCUT2D eigenvalue weighted by Gasteiger charge is 2.68. The molecule has 2 fully saturated rings. The Hall–Kier alpha value is -2.73. The number of benzene rings is 2. The molecule has 1 aliphatic heterocycles. The highest BCUT2D eigenvalue weighted by atomic mass is 19.1. The molecule has 140 valence electrons. The largest absolute Gasteiger partial charge is 0.372 e. The van der Waals surface area contributed by atoms with Gasteiger partial charge in [0.05, 0.1) is 5.92 Å². The van der Waals surface area contributed by atoms with Gasteiger partial charge >= 0.3 is 0 Å². The maximum Gasteiger partial charge on any atom is 0.253 e. The Bertz CT molecular complexity index is 867. The highest BCUT2D eigenvalue weighted by Crippen LogP contribution is 2.53. The van der Waals surface area contributed by atoms with E-state index in [1.807, 2.05) is 6.07 Å². The Balaban J connectivity index is 1.56. The van der Waals surface area contributed by atoms with Crippen LogP contribution >= 0.6 is 0 Å². The molecule has 3 unspecified atom stereocenters. The second-order valence-corrected chi connectivity index (χ2v) is 7.15. The number of halogens is 1. The normalized spacial score (nSPS) is 26.7. The second kappa shape index (κ2) is 6.78. The van der Waals surface area contributed by atoms with Crippen LogP contribution in [-0.2, 0) is 0 Å². The van der Waals surface area contributed by atoms with Crippen molar-refractivity contribution in [3.05, 3.63) is 65.2 Å². The van der Waals surface area contributed by atoms with E-state index in [0.29, 0.717) is 23.0 Å². The Kier molecular flexibility index (Phi) is 4.44. The van der Waals surface area contributed by atoms with Gasteiger partial charge in [0.15, 0.2) is 11.9 Å². The van der Waals surface area contributed by atoms with Crippen molar-refractivity contribution < 1.29 is 19.1 Å². The summed E-state index contributed by atoms with van der Waals surface area (Å²) in [4.78, 5) is 26.0. The van der Waals surface area contributed by atoms with Crippen molar-refractivity contribution in [2.24, 2.45) is 0 Å². The first-order valence-electron chi connectivity index (χ1n) is 9.12. The number of carbonyl (C=O) groups is 2. The van der Waals surface area contributed by atoms with Crippen molar-refractivity contribution in [1.29, 1.82) is 0 Å². The minimum Gasteiger partial charge on any atom is -0.372 e. The minimum absolute atomic E-state index is 0.337. The van der Waals surface area contributed by atoms with Crippen molar-refractivity contribution in [2.75, 3.05) is 18.0 Å². The van der Waals surface area contributed by atoms with E-state index in [9.17, 15) is 19.1 Å². The smallest absolute Gasteiger partial charge is 0.253 e. The summed E-state index contributed by atoms with van der Waals surface area (Å²) in [5.74, 6) is -1.51. The second-order valence-electron chi connectivity index (χ2n) is 7.15. The van der Waals surface area contributed by atoms with Crippen molar-refractivity contribution in [3.63, 3.8) is 0 Å². The number of hydrogen-bond acceptors (Lipinski definition) is 4. The Morgan fingerprint density at radius 1 is 1.19 bits per heavy atom. The standard InChI is InChI=1S/C21H21FN2O3/c22-19-18(21(19,27)23-20(26)14-6-2-1-3-7-14)17-9-8-16(12-15(17)13-25)24-10-4-5-11-24/h1-3,6-9,12-13,18-19,27H,4-5,10-11H2,(H,23,26). The quantitative estimate of drug-likeness (QED) is 0.629. The maximum absolute atomic E-state index is 14.5. The molecule has 3 atom stereocenters. The van der Waals surface area contributed by atoms with E-state index in [4.69, 9.17) is 0 Å². The fourth-order valence-corrected chi connectivity index (χ4v) is 3.84. The molecule has 2 aromatic carbocycles. The molecule has 1 aliphatic carbocycles. The van der Waals surface area contributed by atoms with Crippen LogP contribution in [0, 0.1) is 0 Å². The van der Waals surface area contributed by atoms with Crippen LogP contribution in [0.3, 0.4) is 0 Å². The first-order valence-corrected chi connectivity index (χ1v) is 9.12. The van der Waals surface area contributed by atoms with Crippen molar-refractivity contribution in [2.45, 2.75) is 30.7 Å². The molecule has 1 heterocycles. The van der Waals surface area contributed by atoms with Gasteiger partial charge in [-0.05, 0) is 42.7 Å². The topological polar surface area (TPSA) is 69.6 Å². The van der Waals surface area contributed by atoms with Crippen LogP contribution in [0.5, 0.6) is 0 Å². The average molecular weight is 368 g/mol. The van der Waals surface area contributed by atoms with E-state index < -0.39 is 23.7 Å². The summed E-state index contributed by atoms with van der Waals surface area (Å²) < 4.78 is 14.5. The van der Waals surface area contributed by atoms with E-state index >= 15 is 0 Å². The molecule has 0 spiro atoms. The summed E-state index contributed by atoms with van der Waals surface area (Å²) in [5, 5.41) is 13.0. The number of nitrogens with one attached hydrogen (secondary N) is 1. The molecule has 27 heavy (non-hydrogen) atoms. The van der Waals surface area contributed by atoms with E-state index in [-0.39, 0.29) is 0 Å². The Morgan fingerprint density at radius 3 is 2.56 bits per heavy atom. The molecule has 1 saturated carbocycles. The van der Waals surface area contributed by atoms with E-state index in [1.165, 1.54) is 0 Å². The molecule has 2 N–H and O–H groups in total. The number of anilines is 1. The number of hydrogen-bond donors (Lipinski definition) is 2. The predicted octanol–water partition coefficient (Wildman–Crippen LogP) is 2.65. The molecular weight excluding hydrogens is 347 g/mol. The molecule has 0 aromatic heterocycles. The Morgan fingerprint density at radius 2 is 1.89 bits per heavy atom. The van der Waals surface area contributed by atoms with Crippen LogP contribution in [-0.4, -0.2) is 42.3 Å². The zero-order valence-corrected chi connectivity index (χ0v) is 14.8. The molecule has 5 nitrogen and oxygen atoms in total. The van der Waals surface area contributed by atoms with Crippen LogP contribution in [0.25, 0.3) is 0 Å². The summed E-state index contributed by atoms with van der Waals surface area (Å²) in [6, 6.07) is 13.6. The first-order chi connectivity index (χ1) is 13.0. The van der Waals surface area contributed by atoms with Crippen molar-refractivity contribution in [3.8, 4) is 0 Å².